The molecule has 1 aliphatic heterocycles. The van der Waals surface area contributed by atoms with E-state index in [1.165, 1.54) is 5.56 Å². The zero-order chi connectivity index (χ0) is 12.8. The molecule has 1 fully saturated rings. The van der Waals surface area contributed by atoms with Crippen molar-refractivity contribution in [3.63, 3.8) is 0 Å². The molecule has 98 valence electrons. The Morgan fingerprint density at radius 2 is 1.89 bits per heavy atom. The lowest BCUT2D eigenvalue weighted by Gasteiger charge is -2.29. The van der Waals surface area contributed by atoms with E-state index in [4.69, 9.17) is 5.73 Å². The van der Waals surface area contributed by atoms with Gasteiger partial charge in [0.1, 0.15) is 5.78 Å². The molecule has 0 unspecified atom stereocenters. The number of nitrogens with zero attached hydrogens (tertiary/aromatic N) is 1. The van der Waals surface area contributed by atoms with E-state index >= 15 is 0 Å². The van der Waals surface area contributed by atoms with Crippen molar-refractivity contribution in [3.8, 4) is 0 Å². The predicted octanol–water partition coefficient (Wildman–Crippen LogP) is 1.61. The zero-order valence-corrected chi connectivity index (χ0v) is 10.8. The van der Waals surface area contributed by atoms with Crippen molar-refractivity contribution in [2.24, 2.45) is 5.73 Å². The zero-order valence-electron chi connectivity index (χ0n) is 10.8. The van der Waals surface area contributed by atoms with Gasteiger partial charge in [-0.2, -0.15) is 0 Å². The summed E-state index contributed by atoms with van der Waals surface area (Å²) in [5, 5.41) is 0. The topological polar surface area (TPSA) is 46.3 Å². The average molecular weight is 246 g/mol. The van der Waals surface area contributed by atoms with Crippen LogP contribution in [0, 0.1) is 0 Å². The maximum Gasteiger partial charge on any atom is 0.147 e. The van der Waals surface area contributed by atoms with Crippen LogP contribution in [0.3, 0.4) is 0 Å². The molecule has 2 rings (SSSR count). The minimum Gasteiger partial charge on any atom is -0.328 e. The van der Waals surface area contributed by atoms with Crippen LogP contribution in [0.4, 0.5) is 0 Å². The van der Waals surface area contributed by atoms with Gasteiger partial charge >= 0.3 is 0 Å². The number of carbonyl (C=O) groups is 1. The van der Waals surface area contributed by atoms with Gasteiger partial charge < -0.3 is 5.73 Å². The molecule has 1 aromatic carbocycles. The highest BCUT2D eigenvalue weighted by molar-refractivity contribution is 5.80. The number of carbonyl (C=O) groups excluding carboxylic acids is 1. The predicted molar refractivity (Wildman–Crippen MR) is 73.4 cm³/mol. The number of nitrogens with two attached hydrogens (primary N) is 1. The molecule has 1 saturated heterocycles. The van der Waals surface area contributed by atoms with Gasteiger partial charge in [0.15, 0.2) is 0 Å². The van der Waals surface area contributed by atoms with Crippen molar-refractivity contribution in [2.45, 2.75) is 31.7 Å². The van der Waals surface area contributed by atoms with Crippen LogP contribution < -0.4 is 5.73 Å². The summed E-state index contributed by atoms with van der Waals surface area (Å²) in [5.74, 6) is 0.342. The lowest BCUT2D eigenvalue weighted by atomic mass is 10.0. The van der Waals surface area contributed by atoms with Crippen LogP contribution in [-0.4, -0.2) is 36.4 Å². The number of hydrogen-bond acceptors (Lipinski definition) is 3. The first-order valence-electron chi connectivity index (χ1n) is 6.77. The van der Waals surface area contributed by atoms with E-state index in [0.717, 1.165) is 32.4 Å². The van der Waals surface area contributed by atoms with Crippen molar-refractivity contribution in [1.29, 1.82) is 0 Å². The van der Waals surface area contributed by atoms with Gasteiger partial charge in [-0.05, 0) is 24.8 Å². The number of aryl methyl sites for hydroxylation is 1. The fourth-order valence-electron chi connectivity index (χ4n) is 2.37. The fraction of sp³-hybridized carbons (Fsp3) is 0.533. The van der Waals surface area contributed by atoms with Crippen LogP contribution >= 0.6 is 0 Å². The highest BCUT2D eigenvalue weighted by atomic mass is 16.1. The Morgan fingerprint density at radius 3 is 2.56 bits per heavy atom. The molecule has 0 amide bonds. The van der Waals surface area contributed by atoms with Crippen LogP contribution in [0.25, 0.3) is 0 Å². The molecule has 0 saturated carbocycles. The number of piperidine rings is 1. The molecule has 0 aromatic heterocycles. The van der Waals surface area contributed by atoms with Crippen LogP contribution in [0.15, 0.2) is 30.3 Å². The number of hydrogen-bond donors (Lipinski definition) is 1. The molecule has 0 spiro atoms. The normalized spacial score (nSPS) is 17.8. The largest absolute Gasteiger partial charge is 0.328 e. The van der Waals surface area contributed by atoms with Gasteiger partial charge in [-0.1, -0.05) is 30.3 Å². The van der Waals surface area contributed by atoms with Gasteiger partial charge in [0.2, 0.25) is 0 Å². The summed E-state index contributed by atoms with van der Waals surface area (Å²) in [6, 6.07) is 10.5. The molecule has 1 heterocycles. The molecular weight excluding hydrogens is 224 g/mol. The van der Waals surface area contributed by atoms with Crippen molar-refractivity contribution in [1.82, 2.24) is 4.90 Å². The Balaban J connectivity index is 1.69. The van der Waals surface area contributed by atoms with Crippen LogP contribution in [0.5, 0.6) is 0 Å². The van der Waals surface area contributed by atoms with Crippen molar-refractivity contribution in [3.05, 3.63) is 35.9 Å². The van der Waals surface area contributed by atoms with E-state index in [1.54, 1.807) is 0 Å². The van der Waals surface area contributed by atoms with Gasteiger partial charge in [-0.25, -0.2) is 0 Å². The molecule has 0 aliphatic carbocycles. The lowest BCUT2D eigenvalue weighted by molar-refractivity contribution is -0.120. The molecule has 2 N–H and O–H groups in total. The van der Waals surface area contributed by atoms with E-state index in [-0.39, 0.29) is 0 Å². The standard InChI is InChI=1S/C15H22N2O/c16-14-8-10-17(11-9-14)12-15(18)7-6-13-4-2-1-3-5-13/h1-5,14H,6-12,16H2. The van der Waals surface area contributed by atoms with E-state index in [9.17, 15) is 4.79 Å². The smallest absolute Gasteiger partial charge is 0.147 e. The summed E-state index contributed by atoms with van der Waals surface area (Å²) in [4.78, 5) is 14.1. The molecule has 1 aromatic rings. The second kappa shape index (κ2) is 6.66. The highest BCUT2D eigenvalue weighted by Gasteiger charge is 2.17. The first-order chi connectivity index (χ1) is 8.74. The number of rotatable bonds is 5. The third-order valence-electron chi connectivity index (χ3n) is 3.57. The molecule has 0 bridgehead atoms. The molecular formula is C15H22N2O. The van der Waals surface area contributed by atoms with Crippen LogP contribution in [-0.2, 0) is 11.2 Å². The number of benzene rings is 1. The van der Waals surface area contributed by atoms with Crippen molar-refractivity contribution in [2.75, 3.05) is 19.6 Å². The molecule has 18 heavy (non-hydrogen) atoms. The lowest BCUT2D eigenvalue weighted by Crippen LogP contribution is -2.41. The Hall–Kier alpha value is -1.19. The Kier molecular flexibility index (Phi) is 4.90. The Bertz CT molecular complexity index is 369. The number of Topliss-reactive ketones (excluding diaryl/α,β-unsaturated/α-hetero) is 1. The van der Waals surface area contributed by atoms with E-state index in [0.29, 0.717) is 24.8 Å². The van der Waals surface area contributed by atoms with Gasteiger partial charge in [0.25, 0.3) is 0 Å². The second-order valence-electron chi connectivity index (χ2n) is 5.14. The number of ketones is 1. The Morgan fingerprint density at radius 1 is 1.22 bits per heavy atom. The van der Waals surface area contributed by atoms with Crippen molar-refractivity contribution >= 4 is 5.78 Å². The van der Waals surface area contributed by atoms with Crippen LogP contribution in [0.2, 0.25) is 0 Å². The minimum atomic E-state index is 0.334. The monoisotopic (exact) mass is 246 g/mol. The summed E-state index contributed by atoms with van der Waals surface area (Å²) >= 11 is 0. The molecule has 3 nitrogen and oxygen atoms in total. The molecule has 1 aliphatic rings. The molecule has 0 radical (unpaired) electrons. The van der Waals surface area contributed by atoms with Gasteiger partial charge in [-0.15, -0.1) is 0 Å². The van der Waals surface area contributed by atoms with E-state index in [2.05, 4.69) is 17.0 Å². The summed E-state index contributed by atoms with van der Waals surface area (Å²) in [6.45, 7) is 2.54. The highest BCUT2D eigenvalue weighted by Crippen LogP contribution is 2.09. The van der Waals surface area contributed by atoms with Crippen molar-refractivity contribution < 1.29 is 4.79 Å². The maximum absolute atomic E-state index is 11.9. The minimum absolute atomic E-state index is 0.334. The SMILES string of the molecule is NC1CCN(CC(=O)CCc2ccccc2)CC1. The quantitative estimate of drug-likeness (QED) is 0.858. The third kappa shape index (κ3) is 4.24. The van der Waals surface area contributed by atoms with E-state index < -0.39 is 0 Å². The van der Waals surface area contributed by atoms with Gasteiger partial charge in [0.05, 0.1) is 6.54 Å². The maximum atomic E-state index is 11.9. The second-order valence-corrected chi connectivity index (χ2v) is 5.14. The molecule has 0 atom stereocenters. The third-order valence-corrected chi connectivity index (χ3v) is 3.57. The van der Waals surface area contributed by atoms with Gasteiger partial charge in [-0.3, -0.25) is 9.69 Å². The number of likely N-dealkylation sites (tertiary alicyclic amines) is 1. The Labute approximate surface area is 109 Å². The van der Waals surface area contributed by atoms with E-state index in [1.807, 2.05) is 18.2 Å². The molecule has 3 heteroatoms. The average Bonchev–Trinajstić information content (AvgIpc) is 2.40. The summed E-state index contributed by atoms with van der Waals surface area (Å²) < 4.78 is 0. The fourth-order valence-corrected chi connectivity index (χ4v) is 2.37. The summed E-state index contributed by atoms with van der Waals surface area (Å²) in [5.41, 5.74) is 7.09. The first kappa shape index (κ1) is 13.2. The van der Waals surface area contributed by atoms with Gasteiger partial charge in [0, 0.05) is 25.6 Å². The summed E-state index contributed by atoms with van der Waals surface area (Å²) in [6.07, 6.45) is 3.54. The first-order valence-corrected chi connectivity index (χ1v) is 6.77. The van der Waals surface area contributed by atoms with Crippen LogP contribution in [0.1, 0.15) is 24.8 Å². The summed E-state index contributed by atoms with van der Waals surface area (Å²) in [7, 11) is 0.